The maximum absolute atomic E-state index is 12.2. The Morgan fingerprint density at radius 3 is 2.37 bits per heavy atom. The van der Waals surface area contributed by atoms with Gasteiger partial charge in [-0.25, -0.2) is 4.98 Å². The van der Waals surface area contributed by atoms with E-state index in [4.69, 9.17) is 0 Å². The maximum atomic E-state index is 12.2. The summed E-state index contributed by atoms with van der Waals surface area (Å²) in [6, 6.07) is 5.27. The molecule has 0 aliphatic rings. The summed E-state index contributed by atoms with van der Waals surface area (Å²) in [7, 11) is 1.61. The van der Waals surface area contributed by atoms with E-state index >= 15 is 0 Å². The lowest BCUT2D eigenvalue weighted by molar-refractivity contribution is -0.132. The molecule has 0 saturated heterocycles. The molecule has 0 aliphatic heterocycles. The van der Waals surface area contributed by atoms with Crippen LogP contribution in [-0.4, -0.2) is 30.3 Å². The van der Waals surface area contributed by atoms with Gasteiger partial charge < -0.3 is 10.2 Å². The zero-order chi connectivity index (χ0) is 14.7. The van der Waals surface area contributed by atoms with Crippen molar-refractivity contribution in [2.75, 3.05) is 23.8 Å². The van der Waals surface area contributed by atoms with Crippen LogP contribution in [0.15, 0.2) is 18.2 Å². The molecule has 3 nitrogen and oxygen atoms in total. The van der Waals surface area contributed by atoms with Gasteiger partial charge in [0.05, 0.1) is 6.42 Å². The quantitative estimate of drug-likeness (QED) is 0.908. The Morgan fingerprint density at radius 1 is 1.21 bits per heavy atom. The minimum absolute atomic E-state index is 0.102. The molecular formula is C13H20F3N3. The Hall–Kier alpha value is -1.46. The van der Waals surface area contributed by atoms with E-state index in [0.29, 0.717) is 11.6 Å². The fourth-order valence-electron chi connectivity index (χ4n) is 1.50. The Labute approximate surface area is 111 Å². The second-order valence-corrected chi connectivity index (χ2v) is 5.54. The van der Waals surface area contributed by atoms with Crippen molar-refractivity contribution in [3.63, 3.8) is 0 Å². The van der Waals surface area contributed by atoms with E-state index in [9.17, 15) is 13.2 Å². The highest BCUT2D eigenvalue weighted by Gasteiger charge is 2.27. The highest BCUT2D eigenvalue weighted by atomic mass is 19.4. The van der Waals surface area contributed by atoms with Crippen molar-refractivity contribution in [1.29, 1.82) is 0 Å². The van der Waals surface area contributed by atoms with Crippen LogP contribution in [0.25, 0.3) is 0 Å². The molecule has 1 rings (SSSR count). The number of hydrogen-bond donors (Lipinski definition) is 1. The van der Waals surface area contributed by atoms with E-state index in [-0.39, 0.29) is 12.1 Å². The van der Waals surface area contributed by atoms with Crippen LogP contribution in [0.5, 0.6) is 0 Å². The van der Waals surface area contributed by atoms with Crippen molar-refractivity contribution in [3.05, 3.63) is 18.2 Å². The molecule has 1 aromatic rings. The van der Waals surface area contributed by atoms with Crippen LogP contribution in [0.2, 0.25) is 0 Å². The van der Waals surface area contributed by atoms with Crippen molar-refractivity contribution >= 4 is 11.6 Å². The van der Waals surface area contributed by atoms with Gasteiger partial charge in [-0.3, -0.25) is 0 Å². The zero-order valence-electron chi connectivity index (χ0n) is 11.7. The minimum atomic E-state index is -4.14. The Balaban J connectivity index is 2.70. The molecule has 0 fully saturated rings. The fourth-order valence-corrected chi connectivity index (χ4v) is 1.50. The summed E-state index contributed by atoms with van der Waals surface area (Å²) in [4.78, 5) is 5.81. The lowest BCUT2D eigenvalue weighted by Gasteiger charge is -2.23. The van der Waals surface area contributed by atoms with Gasteiger partial charge in [0.25, 0.3) is 0 Å². The lowest BCUT2D eigenvalue weighted by Crippen LogP contribution is -2.28. The van der Waals surface area contributed by atoms with Gasteiger partial charge in [0.2, 0.25) is 0 Å². The van der Waals surface area contributed by atoms with Crippen LogP contribution in [0.3, 0.4) is 0 Å². The molecular weight excluding hydrogens is 255 g/mol. The van der Waals surface area contributed by atoms with E-state index in [1.807, 2.05) is 20.8 Å². The van der Waals surface area contributed by atoms with Crippen LogP contribution in [0.1, 0.15) is 27.2 Å². The van der Waals surface area contributed by atoms with Gasteiger partial charge in [-0.15, -0.1) is 0 Å². The van der Waals surface area contributed by atoms with E-state index in [1.165, 1.54) is 4.90 Å². The summed E-state index contributed by atoms with van der Waals surface area (Å²) in [6.07, 6.45) is -4.99. The largest absolute Gasteiger partial charge is 0.390 e. The van der Waals surface area contributed by atoms with Gasteiger partial charge in [0.15, 0.2) is 0 Å². The topological polar surface area (TPSA) is 28.2 Å². The molecule has 1 aromatic heterocycles. The molecule has 6 heteroatoms. The first kappa shape index (κ1) is 15.6. The molecule has 1 N–H and O–H groups in total. The molecule has 0 unspecified atom stereocenters. The van der Waals surface area contributed by atoms with E-state index in [2.05, 4.69) is 10.3 Å². The van der Waals surface area contributed by atoms with Crippen LogP contribution < -0.4 is 10.2 Å². The molecule has 0 atom stereocenters. The first-order valence-electron chi connectivity index (χ1n) is 6.10. The first-order chi connectivity index (χ1) is 8.57. The molecule has 0 amide bonds. The van der Waals surface area contributed by atoms with Gasteiger partial charge in [-0.2, -0.15) is 13.2 Å². The van der Waals surface area contributed by atoms with Crippen molar-refractivity contribution in [2.24, 2.45) is 0 Å². The lowest BCUT2D eigenvalue weighted by atomic mass is 10.1. The van der Waals surface area contributed by atoms with E-state index in [0.717, 1.165) is 0 Å². The van der Waals surface area contributed by atoms with Crippen LogP contribution >= 0.6 is 0 Å². The third-order valence-electron chi connectivity index (χ3n) is 2.36. The number of anilines is 2. The SMILES string of the molecule is CN(CCC(F)(F)F)c1cccc(NC(C)(C)C)n1. The molecule has 0 saturated carbocycles. The molecule has 0 aromatic carbocycles. The summed E-state index contributed by atoms with van der Waals surface area (Å²) < 4.78 is 36.5. The third kappa shape index (κ3) is 6.31. The van der Waals surface area contributed by atoms with Crippen molar-refractivity contribution < 1.29 is 13.2 Å². The van der Waals surface area contributed by atoms with Crippen LogP contribution in [-0.2, 0) is 0 Å². The average Bonchev–Trinajstić information content (AvgIpc) is 2.23. The summed E-state index contributed by atoms with van der Waals surface area (Å²) in [5.74, 6) is 1.18. The number of rotatable bonds is 4. The highest BCUT2D eigenvalue weighted by Crippen LogP contribution is 2.22. The molecule has 0 aliphatic carbocycles. The standard InChI is InChI=1S/C13H20F3N3/c1-12(2,3)18-10-6-5-7-11(17-10)19(4)9-8-13(14,15)16/h5-7H,8-9H2,1-4H3,(H,17,18). The van der Waals surface area contributed by atoms with Crippen LogP contribution in [0, 0.1) is 0 Å². The number of pyridine rings is 1. The summed E-state index contributed by atoms with van der Waals surface area (Å²) >= 11 is 0. The number of hydrogen-bond acceptors (Lipinski definition) is 3. The van der Waals surface area contributed by atoms with Crippen molar-refractivity contribution in [2.45, 2.75) is 38.9 Å². The van der Waals surface area contributed by atoms with Crippen LogP contribution in [0.4, 0.5) is 24.8 Å². The number of halogens is 3. The molecule has 0 radical (unpaired) electrons. The monoisotopic (exact) mass is 275 g/mol. The van der Waals surface area contributed by atoms with Crippen molar-refractivity contribution in [1.82, 2.24) is 4.98 Å². The van der Waals surface area contributed by atoms with Gasteiger partial charge in [0.1, 0.15) is 11.6 Å². The number of nitrogens with one attached hydrogen (secondary N) is 1. The Morgan fingerprint density at radius 2 is 1.84 bits per heavy atom. The smallest absolute Gasteiger partial charge is 0.365 e. The Bertz CT molecular complexity index is 410. The number of aromatic nitrogens is 1. The summed E-state index contributed by atoms with van der Waals surface area (Å²) in [6.45, 7) is 5.88. The fraction of sp³-hybridized carbons (Fsp3) is 0.615. The molecule has 19 heavy (non-hydrogen) atoms. The van der Waals surface area contributed by atoms with Gasteiger partial charge in [0, 0.05) is 19.1 Å². The van der Waals surface area contributed by atoms with Crippen molar-refractivity contribution in [3.8, 4) is 0 Å². The molecule has 108 valence electrons. The van der Waals surface area contributed by atoms with Gasteiger partial charge in [-0.05, 0) is 32.9 Å². The predicted molar refractivity (Wildman–Crippen MR) is 71.6 cm³/mol. The normalized spacial score (nSPS) is 12.4. The first-order valence-corrected chi connectivity index (χ1v) is 6.10. The zero-order valence-corrected chi connectivity index (χ0v) is 11.7. The summed E-state index contributed by atoms with van der Waals surface area (Å²) in [5, 5.41) is 3.19. The highest BCUT2D eigenvalue weighted by molar-refractivity contribution is 5.47. The third-order valence-corrected chi connectivity index (χ3v) is 2.36. The average molecular weight is 275 g/mol. The molecule has 0 spiro atoms. The second kappa shape index (κ2) is 5.67. The molecule has 1 heterocycles. The maximum Gasteiger partial charge on any atom is 0.390 e. The van der Waals surface area contributed by atoms with Gasteiger partial charge in [-0.1, -0.05) is 6.07 Å². The predicted octanol–water partition coefficient (Wildman–Crippen LogP) is 3.68. The second-order valence-electron chi connectivity index (χ2n) is 5.54. The van der Waals surface area contributed by atoms with Gasteiger partial charge >= 0.3 is 6.18 Å². The molecule has 0 bridgehead atoms. The van der Waals surface area contributed by atoms with E-state index < -0.39 is 12.6 Å². The number of nitrogens with zero attached hydrogens (tertiary/aromatic N) is 2. The minimum Gasteiger partial charge on any atom is -0.365 e. The summed E-state index contributed by atoms with van der Waals surface area (Å²) in [5.41, 5.74) is -0.143. The van der Waals surface area contributed by atoms with E-state index in [1.54, 1.807) is 25.2 Å². The Kier molecular flexibility index (Phi) is 4.66. The number of alkyl halides is 3.